The summed E-state index contributed by atoms with van der Waals surface area (Å²) in [5, 5.41) is 17.6. The standard InChI is InChI=1S/C8H10O2/c9-6-5-7-1-3-8(10)4-2-7/h1-4,9-10H,5-6H2/i1D,2D. The van der Waals surface area contributed by atoms with Crippen LogP contribution in [0.3, 0.4) is 0 Å². The van der Waals surface area contributed by atoms with Gasteiger partial charge >= 0.3 is 0 Å². The van der Waals surface area contributed by atoms with Gasteiger partial charge in [-0.05, 0) is 24.1 Å². The van der Waals surface area contributed by atoms with Gasteiger partial charge < -0.3 is 10.2 Å². The lowest BCUT2D eigenvalue weighted by molar-refractivity contribution is 0.299. The van der Waals surface area contributed by atoms with Crippen LogP contribution in [0.5, 0.6) is 5.75 Å². The summed E-state index contributed by atoms with van der Waals surface area (Å²) in [5.41, 5.74) is 0.468. The number of phenols is 1. The van der Waals surface area contributed by atoms with Gasteiger partial charge in [-0.2, -0.15) is 0 Å². The van der Waals surface area contributed by atoms with Crippen molar-refractivity contribution >= 4 is 0 Å². The summed E-state index contributed by atoms with van der Waals surface area (Å²) < 4.78 is 14.7. The van der Waals surface area contributed by atoms with Crippen molar-refractivity contribution in [3.05, 3.63) is 29.8 Å². The lowest BCUT2D eigenvalue weighted by atomic mass is 10.2. The first-order valence-electron chi connectivity index (χ1n) is 4.05. The van der Waals surface area contributed by atoms with E-state index in [0.717, 1.165) is 0 Å². The molecule has 0 saturated heterocycles. The zero-order valence-electron chi connectivity index (χ0n) is 7.46. The fourth-order valence-corrected chi connectivity index (χ4v) is 0.662. The van der Waals surface area contributed by atoms with Crippen LogP contribution in [0.1, 0.15) is 8.30 Å². The number of aliphatic hydroxyl groups excluding tert-OH is 1. The molecular formula is C8H10O2. The highest BCUT2D eigenvalue weighted by atomic mass is 16.3. The lowest BCUT2D eigenvalue weighted by Crippen LogP contribution is -1.88. The van der Waals surface area contributed by atoms with E-state index in [1.165, 1.54) is 12.1 Å². The Kier molecular flexibility index (Phi) is 1.53. The first-order chi connectivity index (χ1) is 5.65. The second-order valence-electron chi connectivity index (χ2n) is 1.95. The molecule has 0 atom stereocenters. The zero-order valence-corrected chi connectivity index (χ0v) is 5.46. The highest BCUT2D eigenvalue weighted by Gasteiger charge is 1.90. The molecule has 0 bridgehead atoms. The molecule has 0 aliphatic carbocycles. The molecular weight excluding hydrogens is 128 g/mol. The summed E-state index contributed by atoms with van der Waals surface area (Å²) in [6.45, 7) is -0.0808. The molecule has 0 aliphatic rings. The van der Waals surface area contributed by atoms with Crippen molar-refractivity contribution in [2.24, 2.45) is 0 Å². The fraction of sp³-hybridized carbons (Fsp3) is 0.250. The van der Waals surface area contributed by atoms with E-state index >= 15 is 0 Å². The van der Waals surface area contributed by atoms with E-state index in [1.54, 1.807) is 0 Å². The van der Waals surface area contributed by atoms with Gasteiger partial charge in [-0.15, -0.1) is 0 Å². The molecule has 2 nitrogen and oxygen atoms in total. The third-order valence-electron chi connectivity index (χ3n) is 1.15. The highest BCUT2D eigenvalue weighted by Crippen LogP contribution is 2.09. The van der Waals surface area contributed by atoms with E-state index in [9.17, 15) is 0 Å². The molecule has 1 aromatic rings. The molecule has 0 heterocycles. The van der Waals surface area contributed by atoms with E-state index in [1.807, 2.05) is 0 Å². The third kappa shape index (κ3) is 1.74. The molecule has 0 radical (unpaired) electrons. The summed E-state index contributed by atoms with van der Waals surface area (Å²) in [7, 11) is 0. The maximum Gasteiger partial charge on any atom is 0.115 e. The van der Waals surface area contributed by atoms with Crippen molar-refractivity contribution in [3.63, 3.8) is 0 Å². The predicted octanol–water partition coefficient (Wildman–Crippen LogP) is 0.927. The number of aromatic hydroxyl groups is 1. The summed E-state index contributed by atoms with van der Waals surface area (Å²) in [6, 6.07) is 2.75. The topological polar surface area (TPSA) is 40.5 Å². The van der Waals surface area contributed by atoms with Crippen LogP contribution in [-0.4, -0.2) is 16.8 Å². The Labute approximate surface area is 62.6 Å². The molecule has 0 spiro atoms. The monoisotopic (exact) mass is 140 g/mol. The SMILES string of the molecule is [2H]c1cc(O)cc([2H])c1CCO. The van der Waals surface area contributed by atoms with Gasteiger partial charge in [0.05, 0.1) is 2.74 Å². The molecule has 0 aliphatic heterocycles. The molecule has 0 saturated carbocycles. The number of hydrogen-bond donors (Lipinski definition) is 2. The first kappa shape index (κ1) is 4.74. The van der Waals surface area contributed by atoms with Crippen LogP contribution in [0, 0.1) is 0 Å². The van der Waals surface area contributed by atoms with Gasteiger partial charge in [0.25, 0.3) is 0 Å². The average molecular weight is 140 g/mol. The van der Waals surface area contributed by atoms with Crippen LogP contribution in [0.25, 0.3) is 0 Å². The van der Waals surface area contributed by atoms with Crippen molar-refractivity contribution in [2.75, 3.05) is 6.61 Å². The molecule has 0 fully saturated rings. The minimum Gasteiger partial charge on any atom is -0.508 e. The van der Waals surface area contributed by atoms with Gasteiger partial charge in [0.15, 0.2) is 0 Å². The van der Waals surface area contributed by atoms with Crippen molar-refractivity contribution in [1.29, 1.82) is 0 Å². The van der Waals surface area contributed by atoms with Gasteiger partial charge in [-0.25, -0.2) is 0 Å². The van der Waals surface area contributed by atoms with Crippen molar-refractivity contribution < 1.29 is 13.0 Å². The molecule has 2 heteroatoms. The Morgan fingerprint density at radius 1 is 1.40 bits per heavy atom. The van der Waals surface area contributed by atoms with E-state index in [4.69, 9.17) is 13.0 Å². The molecule has 0 unspecified atom stereocenters. The van der Waals surface area contributed by atoms with Crippen molar-refractivity contribution in [1.82, 2.24) is 0 Å². The van der Waals surface area contributed by atoms with Crippen LogP contribution >= 0.6 is 0 Å². The second kappa shape index (κ2) is 3.22. The summed E-state index contributed by atoms with van der Waals surface area (Å²) >= 11 is 0. The lowest BCUT2D eigenvalue weighted by Gasteiger charge is -1.96. The number of benzene rings is 1. The Morgan fingerprint density at radius 3 is 2.50 bits per heavy atom. The Bertz CT molecular complexity index is 263. The van der Waals surface area contributed by atoms with E-state index < -0.39 is 0 Å². The number of aliphatic hydroxyl groups is 1. The third-order valence-corrected chi connectivity index (χ3v) is 1.15. The first-order valence-corrected chi connectivity index (χ1v) is 3.05. The summed E-state index contributed by atoms with van der Waals surface area (Å²) in [6.07, 6.45) is 0.290. The maximum atomic E-state index is 8.98. The molecule has 0 aromatic heterocycles. The molecule has 1 rings (SSSR count). The van der Waals surface area contributed by atoms with Crippen LogP contribution in [0.2, 0.25) is 0 Å². The second-order valence-corrected chi connectivity index (χ2v) is 1.95. The molecule has 10 heavy (non-hydrogen) atoms. The van der Waals surface area contributed by atoms with Gasteiger partial charge in [0.2, 0.25) is 0 Å². The van der Waals surface area contributed by atoms with E-state index in [2.05, 4.69) is 0 Å². The molecule has 2 N–H and O–H groups in total. The van der Waals surface area contributed by atoms with Gasteiger partial charge in [0.1, 0.15) is 5.75 Å². The average Bonchev–Trinajstić information content (AvgIpc) is 1.96. The zero-order chi connectivity index (χ0) is 9.14. The van der Waals surface area contributed by atoms with Crippen LogP contribution < -0.4 is 0 Å². The van der Waals surface area contributed by atoms with Gasteiger partial charge in [0, 0.05) is 6.61 Å². The van der Waals surface area contributed by atoms with Crippen molar-refractivity contribution in [2.45, 2.75) is 6.42 Å². The highest BCUT2D eigenvalue weighted by molar-refractivity contribution is 5.25. The number of rotatable bonds is 2. The predicted molar refractivity (Wildman–Crippen MR) is 38.9 cm³/mol. The van der Waals surface area contributed by atoms with Crippen LogP contribution in [0.4, 0.5) is 0 Å². The summed E-state index contributed by atoms with van der Waals surface area (Å²) in [4.78, 5) is 0. The number of hydrogen-bond acceptors (Lipinski definition) is 2. The minimum absolute atomic E-state index is 0.0771. The largest absolute Gasteiger partial charge is 0.508 e. The quantitative estimate of drug-likeness (QED) is 0.641. The van der Waals surface area contributed by atoms with E-state index in [0.29, 0.717) is 5.56 Å². The molecule has 0 amide bonds. The van der Waals surface area contributed by atoms with Crippen molar-refractivity contribution in [3.8, 4) is 5.75 Å². The fourth-order valence-electron chi connectivity index (χ4n) is 0.662. The number of phenolic OH excluding ortho intramolecular Hbond substituents is 1. The normalized spacial score (nSPS) is 12.5. The molecule has 1 aromatic carbocycles. The Balaban J connectivity index is 3.10. The smallest absolute Gasteiger partial charge is 0.115 e. The Morgan fingerprint density at radius 2 is 2.00 bits per heavy atom. The van der Waals surface area contributed by atoms with Gasteiger partial charge in [-0.1, -0.05) is 12.1 Å². The van der Waals surface area contributed by atoms with E-state index in [-0.39, 0.29) is 30.9 Å². The summed E-state index contributed by atoms with van der Waals surface area (Å²) in [5.74, 6) is -0.0771. The van der Waals surface area contributed by atoms with Crippen LogP contribution in [0.15, 0.2) is 24.2 Å². The minimum atomic E-state index is -0.0808. The molecule has 54 valence electrons. The maximum absolute atomic E-state index is 8.98. The van der Waals surface area contributed by atoms with Gasteiger partial charge in [-0.3, -0.25) is 0 Å². The Hall–Kier alpha value is -1.02. The van der Waals surface area contributed by atoms with Crippen LogP contribution in [-0.2, 0) is 6.42 Å².